The van der Waals surface area contributed by atoms with Crippen LogP contribution in [0.2, 0.25) is 0 Å². The molecule has 3 heteroatoms. The lowest BCUT2D eigenvalue weighted by Gasteiger charge is -2.31. The van der Waals surface area contributed by atoms with Crippen LogP contribution in [0.5, 0.6) is 0 Å². The van der Waals surface area contributed by atoms with E-state index in [-0.39, 0.29) is 12.1 Å². The summed E-state index contributed by atoms with van der Waals surface area (Å²) in [5, 5.41) is 0. The van der Waals surface area contributed by atoms with E-state index < -0.39 is 6.29 Å². The van der Waals surface area contributed by atoms with Crippen LogP contribution in [-0.4, -0.2) is 18.4 Å². The van der Waals surface area contributed by atoms with Crippen molar-refractivity contribution in [2.24, 2.45) is 0 Å². The van der Waals surface area contributed by atoms with Gasteiger partial charge in [0.05, 0.1) is 11.7 Å². The molecule has 0 aromatic heterocycles. The molecule has 3 rings (SSSR count). The zero-order valence-corrected chi connectivity index (χ0v) is 13.7. The second-order valence-corrected chi connectivity index (χ2v) is 6.03. The Morgan fingerprint density at radius 1 is 0.833 bits per heavy atom. The molecule has 0 saturated carbocycles. The third kappa shape index (κ3) is 4.33. The molecule has 1 heterocycles. The molecule has 1 fully saturated rings. The lowest BCUT2D eigenvalue weighted by molar-refractivity contribution is -0.202. The van der Waals surface area contributed by atoms with Crippen molar-refractivity contribution >= 4 is 5.97 Å². The van der Waals surface area contributed by atoms with Gasteiger partial charge in [-0.1, -0.05) is 67.2 Å². The Hall–Kier alpha value is -2.39. The lowest BCUT2D eigenvalue weighted by atomic mass is 10.0. The van der Waals surface area contributed by atoms with Gasteiger partial charge in [0.25, 0.3) is 0 Å². The molecule has 0 amide bonds. The van der Waals surface area contributed by atoms with E-state index >= 15 is 0 Å². The Balaban J connectivity index is 1.56. The molecule has 1 unspecified atom stereocenters. The molecule has 1 aliphatic rings. The summed E-state index contributed by atoms with van der Waals surface area (Å²) in [4.78, 5) is 12.0. The molecular formula is C21H22O3. The van der Waals surface area contributed by atoms with Crippen molar-refractivity contribution in [2.75, 3.05) is 0 Å². The second kappa shape index (κ2) is 7.93. The zero-order chi connectivity index (χ0) is 16.8. The van der Waals surface area contributed by atoms with Crippen molar-refractivity contribution in [1.82, 2.24) is 0 Å². The first kappa shape index (κ1) is 16.5. The normalized spacial score (nSPS) is 20.7. The van der Waals surface area contributed by atoms with Crippen LogP contribution in [0.4, 0.5) is 0 Å². The monoisotopic (exact) mass is 322 g/mol. The fraction of sp³-hybridized carbons (Fsp3) is 0.286. The van der Waals surface area contributed by atoms with E-state index in [1.54, 1.807) is 0 Å². The van der Waals surface area contributed by atoms with Crippen molar-refractivity contribution < 1.29 is 14.3 Å². The lowest BCUT2D eigenvalue weighted by Crippen LogP contribution is -2.38. The summed E-state index contributed by atoms with van der Waals surface area (Å²) in [6, 6.07) is 20.3. The topological polar surface area (TPSA) is 35.5 Å². The molecule has 2 aromatic carbocycles. The first-order chi connectivity index (χ1) is 11.7. The maximum Gasteiger partial charge on any atom is 0.338 e. The maximum absolute atomic E-state index is 12.0. The Bertz CT molecular complexity index is 679. The molecule has 2 atom stereocenters. The molecule has 124 valence electrons. The van der Waals surface area contributed by atoms with Gasteiger partial charge in [0, 0.05) is 6.42 Å². The Morgan fingerprint density at radius 2 is 1.38 bits per heavy atom. The summed E-state index contributed by atoms with van der Waals surface area (Å²) in [6.45, 7) is 3.84. The van der Waals surface area contributed by atoms with Crippen LogP contribution in [0.15, 0.2) is 72.8 Å². The molecule has 24 heavy (non-hydrogen) atoms. The summed E-state index contributed by atoms with van der Waals surface area (Å²) < 4.78 is 11.3. The summed E-state index contributed by atoms with van der Waals surface area (Å²) in [6.07, 6.45) is 2.29. The molecular weight excluding hydrogens is 300 g/mol. The number of carbonyl (C=O) groups is 1. The molecule has 0 radical (unpaired) electrons. The SMILES string of the molecule is C=C1C(=O)OC(CCc2ccccc2)O[C@@H]1CCc1ccccc1. The highest BCUT2D eigenvalue weighted by atomic mass is 16.7. The van der Waals surface area contributed by atoms with Gasteiger partial charge < -0.3 is 9.47 Å². The van der Waals surface area contributed by atoms with E-state index in [1.165, 1.54) is 11.1 Å². The Labute approximate surface area is 142 Å². The van der Waals surface area contributed by atoms with Crippen molar-refractivity contribution in [3.63, 3.8) is 0 Å². The maximum atomic E-state index is 12.0. The smallest absolute Gasteiger partial charge is 0.338 e. The molecule has 2 aromatic rings. The molecule has 1 aliphatic heterocycles. The molecule has 0 bridgehead atoms. The number of hydrogen-bond acceptors (Lipinski definition) is 3. The number of ether oxygens (including phenoxy) is 2. The first-order valence-electron chi connectivity index (χ1n) is 8.35. The molecule has 0 spiro atoms. The standard InChI is InChI=1S/C21H22O3/c1-16-19(14-12-17-8-4-2-5-9-17)23-20(24-21(16)22)15-13-18-10-6-3-7-11-18/h2-11,19-20H,1,12-15H2/t19-,20?/m1/s1. The average molecular weight is 322 g/mol. The minimum atomic E-state index is -0.496. The minimum absolute atomic E-state index is 0.271. The van der Waals surface area contributed by atoms with Crippen molar-refractivity contribution in [3.8, 4) is 0 Å². The molecule has 3 nitrogen and oxygen atoms in total. The van der Waals surface area contributed by atoms with Crippen molar-refractivity contribution in [2.45, 2.75) is 38.1 Å². The van der Waals surface area contributed by atoms with E-state index in [4.69, 9.17) is 9.47 Å². The predicted molar refractivity (Wildman–Crippen MR) is 93.4 cm³/mol. The van der Waals surface area contributed by atoms with Gasteiger partial charge in [-0.15, -0.1) is 0 Å². The fourth-order valence-electron chi connectivity index (χ4n) is 2.86. The van der Waals surface area contributed by atoms with Gasteiger partial charge >= 0.3 is 5.97 Å². The van der Waals surface area contributed by atoms with E-state index in [1.807, 2.05) is 36.4 Å². The van der Waals surface area contributed by atoms with Crippen LogP contribution in [0.3, 0.4) is 0 Å². The molecule has 0 aliphatic carbocycles. The average Bonchev–Trinajstić information content (AvgIpc) is 2.63. The highest BCUT2D eigenvalue weighted by Gasteiger charge is 2.32. The number of hydrogen-bond donors (Lipinski definition) is 0. The van der Waals surface area contributed by atoms with Crippen molar-refractivity contribution in [1.29, 1.82) is 0 Å². The van der Waals surface area contributed by atoms with Gasteiger partial charge in [0.2, 0.25) is 6.29 Å². The van der Waals surface area contributed by atoms with Crippen LogP contribution < -0.4 is 0 Å². The van der Waals surface area contributed by atoms with Crippen LogP contribution in [-0.2, 0) is 27.1 Å². The first-order valence-corrected chi connectivity index (χ1v) is 8.35. The van der Waals surface area contributed by atoms with E-state index in [2.05, 4.69) is 30.8 Å². The number of benzene rings is 2. The number of cyclic esters (lactones) is 1. The summed E-state index contributed by atoms with van der Waals surface area (Å²) in [5.74, 6) is -0.336. The third-order valence-corrected chi connectivity index (χ3v) is 4.25. The number of carbonyl (C=O) groups excluding carboxylic acids is 1. The van der Waals surface area contributed by atoms with Gasteiger partial charge in [-0.2, -0.15) is 0 Å². The van der Waals surface area contributed by atoms with Gasteiger partial charge in [0.1, 0.15) is 0 Å². The van der Waals surface area contributed by atoms with Gasteiger partial charge in [-0.25, -0.2) is 4.79 Å². The highest BCUT2D eigenvalue weighted by molar-refractivity contribution is 5.89. The highest BCUT2D eigenvalue weighted by Crippen LogP contribution is 2.24. The van der Waals surface area contributed by atoms with Crippen LogP contribution in [0.25, 0.3) is 0 Å². The van der Waals surface area contributed by atoms with Gasteiger partial charge in [-0.05, 0) is 30.4 Å². The zero-order valence-electron chi connectivity index (χ0n) is 13.7. The minimum Gasteiger partial charge on any atom is -0.432 e. The Morgan fingerprint density at radius 3 is 1.96 bits per heavy atom. The van der Waals surface area contributed by atoms with E-state index in [9.17, 15) is 4.79 Å². The number of aryl methyl sites for hydroxylation is 2. The molecule has 0 N–H and O–H groups in total. The van der Waals surface area contributed by atoms with Crippen LogP contribution >= 0.6 is 0 Å². The predicted octanol–water partition coefficient (Wildman–Crippen LogP) is 4.08. The quantitative estimate of drug-likeness (QED) is 0.594. The van der Waals surface area contributed by atoms with Gasteiger partial charge in [-0.3, -0.25) is 0 Å². The molecule has 1 saturated heterocycles. The largest absolute Gasteiger partial charge is 0.432 e. The van der Waals surface area contributed by atoms with Crippen LogP contribution in [0.1, 0.15) is 24.0 Å². The Kier molecular flexibility index (Phi) is 5.44. The van der Waals surface area contributed by atoms with Crippen molar-refractivity contribution in [3.05, 3.63) is 83.9 Å². The summed E-state index contributed by atoms with van der Waals surface area (Å²) in [5.41, 5.74) is 2.86. The summed E-state index contributed by atoms with van der Waals surface area (Å²) >= 11 is 0. The fourth-order valence-corrected chi connectivity index (χ4v) is 2.86. The van der Waals surface area contributed by atoms with E-state index in [0.717, 1.165) is 19.3 Å². The second-order valence-electron chi connectivity index (χ2n) is 6.03. The number of esters is 1. The van der Waals surface area contributed by atoms with Gasteiger partial charge in [0.15, 0.2) is 0 Å². The van der Waals surface area contributed by atoms with Crippen LogP contribution in [0, 0.1) is 0 Å². The van der Waals surface area contributed by atoms with E-state index in [0.29, 0.717) is 12.0 Å². The third-order valence-electron chi connectivity index (χ3n) is 4.25. The summed E-state index contributed by atoms with van der Waals surface area (Å²) in [7, 11) is 0. The number of rotatable bonds is 6.